The normalized spacial score (nSPS) is 12.4. The highest BCUT2D eigenvalue weighted by Crippen LogP contribution is 2.23. The molecule has 0 unspecified atom stereocenters. The Morgan fingerprint density at radius 1 is 1.38 bits per heavy atom. The van der Waals surface area contributed by atoms with Crippen LogP contribution in [-0.4, -0.2) is 14.1 Å². The van der Waals surface area contributed by atoms with Gasteiger partial charge in [0.15, 0.2) is 0 Å². The molecule has 0 aliphatic rings. The number of halogens is 1. The first kappa shape index (κ1) is 10.3. The molecule has 1 atom stereocenters. The van der Waals surface area contributed by atoms with Gasteiger partial charge in [-0.15, -0.1) is 0 Å². The smallest absolute Gasteiger partial charge is 0.120 e. The lowest BCUT2D eigenvalue weighted by molar-refractivity contribution is -0.108. The van der Waals surface area contributed by atoms with E-state index in [2.05, 4.69) is 0 Å². The van der Waals surface area contributed by atoms with Crippen LogP contribution in [0.15, 0.2) is 24.3 Å². The summed E-state index contributed by atoms with van der Waals surface area (Å²) in [5.41, 5.74) is 1.07. The topological polar surface area (TPSA) is 17.1 Å². The van der Waals surface area contributed by atoms with Gasteiger partial charge in [-0.1, -0.05) is 30.1 Å². The molecule has 1 aromatic carbocycles. The van der Waals surface area contributed by atoms with Crippen molar-refractivity contribution in [2.45, 2.75) is 18.7 Å². The first-order valence-corrected chi connectivity index (χ1v) is 4.55. The monoisotopic (exact) mass is 192 g/mol. The largest absolute Gasteiger partial charge is 0.303 e. The molecule has 0 aliphatic heterocycles. The zero-order chi connectivity index (χ0) is 9.68. The summed E-state index contributed by atoms with van der Waals surface area (Å²) in [7, 11) is 5.54. The average molecular weight is 192 g/mol. The Hall–Kier alpha value is -0.755. The minimum Gasteiger partial charge on any atom is -0.303 e. The standard InChI is InChI=1S/C10H10BClO/c11-7-9(5-6-13)8-1-3-10(12)4-2-8/h1-4,6,9H,5,7H2/t9-/m0/s1. The quantitative estimate of drug-likeness (QED) is 0.529. The van der Waals surface area contributed by atoms with Gasteiger partial charge in [-0.05, 0) is 23.6 Å². The van der Waals surface area contributed by atoms with E-state index in [1.807, 2.05) is 24.3 Å². The van der Waals surface area contributed by atoms with Gasteiger partial charge in [-0.3, -0.25) is 0 Å². The number of aldehydes is 1. The molecular formula is C10H10BClO. The average Bonchev–Trinajstić information content (AvgIpc) is 2.16. The summed E-state index contributed by atoms with van der Waals surface area (Å²) < 4.78 is 0. The molecule has 0 spiro atoms. The van der Waals surface area contributed by atoms with E-state index in [0.29, 0.717) is 17.8 Å². The highest BCUT2D eigenvalue weighted by molar-refractivity contribution is 6.30. The van der Waals surface area contributed by atoms with Crippen molar-refractivity contribution >= 4 is 25.7 Å². The predicted molar refractivity (Wildman–Crippen MR) is 55.4 cm³/mol. The minimum atomic E-state index is 0.120. The van der Waals surface area contributed by atoms with Crippen LogP contribution in [0.4, 0.5) is 0 Å². The van der Waals surface area contributed by atoms with Crippen LogP contribution in [-0.2, 0) is 4.79 Å². The molecule has 0 saturated heterocycles. The zero-order valence-electron chi connectivity index (χ0n) is 7.24. The van der Waals surface area contributed by atoms with Crippen LogP contribution in [0.5, 0.6) is 0 Å². The highest BCUT2D eigenvalue weighted by Gasteiger charge is 2.07. The molecule has 2 radical (unpaired) electrons. The van der Waals surface area contributed by atoms with Crippen molar-refractivity contribution in [3.8, 4) is 0 Å². The SMILES string of the molecule is [B]C[C@H](CC=O)c1ccc(Cl)cc1. The molecule has 1 aromatic rings. The lowest BCUT2D eigenvalue weighted by atomic mass is 9.84. The number of carbonyl (C=O) groups excluding carboxylic acids is 1. The molecule has 0 fully saturated rings. The lowest BCUT2D eigenvalue weighted by Crippen LogP contribution is -1.98. The van der Waals surface area contributed by atoms with Crippen molar-refractivity contribution in [3.05, 3.63) is 34.9 Å². The van der Waals surface area contributed by atoms with Gasteiger partial charge >= 0.3 is 0 Å². The first-order valence-electron chi connectivity index (χ1n) is 4.17. The Labute approximate surface area is 84.5 Å². The molecular weight excluding hydrogens is 182 g/mol. The molecule has 0 aromatic heterocycles. The molecule has 0 aliphatic carbocycles. The summed E-state index contributed by atoms with van der Waals surface area (Å²) in [6.45, 7) is 0. The van der Waals surface area contributed by atoms with E-state index in [-0.39, 0.29) is 5.92 Å². The number of carbonyl (C=O) groups is 1. The third-order valence-electron chi connectivity index (χ3n) is 2.01. The molecule has 13 heavy (non-hydrogen) atoms. The van der Waals surface area contributed by atoms with Gasteiger partial charge < -0.3 is 4.79 Å². The molecule has 0 saturated carbocycles. The summed E-state index contributed by atoms with van der Waals surface area (Å²) in [6.07, 6.45) is 1.85. The van der Waals surface area contributed by atoms with Crippen LogP contribution >= 0.6 is 11.6 Å². The second-order valence-electron chi connectivity index (χ2n) is 2.89. The van der Waals surface area contributed by atoms with Gasteiger partial charge in [-0.2, -0.15) is 0 Å². The van der Waals surface area contributed by atoms with Gasteiger partial charge in [0.1, 0.15) is 6.29 Å². The van der Waals surface area contributed by atoms with E-state index >= 15 is 0 Å². The maximum absolute atomic E-state index is 10.3. The van der Waals surface area contributed by atoms with Crippen LogP contribution in [0.25, 0.3) is 0 Å². The van der Waals surface area contributed by atoms with Gasteiger partial charge in [0.05, 0.1) is 7.85 Å². The molecule has 1 nitrogen and oxygen atoms in total. The fraction of sp³-hybridized carbons (Fsp3) is 0.300. The van der Waals surface area contributed by atoms with E-state index < -0.39 is 0 Å². The van der Waals surface area contributed by atoms with Gasteiger partial charge in [0.25, 0.3) is 0 Å². The summed E-state index contributed by atoms with van der Waals surface area (Å²) in [5.74, 6) is 0.120. The van der Waals surface area contributed by atoms with Gasteiger partial charge in [0, 0.05) is 11.4 Å². The van der Waals surface area contributed by atoms with Crippen molar-refractivity contribution in [2.24, 2.45) is 0 Å². The number of hydrogen-bond acceptors (Lipinski definition) is 1. The van der Waals surface area contributed by atoms with Gasteiger partial charge in [0.2, 0.25) is 0 Å². The van der Waals surface area contributed by atoms with Gasteiger partial charge in [-0.25, -0.2) is 0 Å². The maximum Gasteiger partial charge on any atom is 0.120 e. The van der Waals surface area contributed by atoms with Crippen LogP contribution < -0.4 is 0 Å². The second kappa shape index (κ2) is 5.08. The summed E-state index contributed by atoms with van der Waals surface area (Å²) in [4.78, 5) is 10.3. The van der Waals surface area contributed by atoms with Crippen LogP contribution in [0.2, 0.25) is 11.3 Å². The zero-order valence-corrected chi connectivity index (χ0v) is 8.00. The Balaban J connectivity index is 2.78. The lowest BCUT2D eigenvalue weighted by Gasteiger charge is -2.11. The Bertz CT molecular complexity index is 271. The summed E-state index contributed by atoms with van der Waals surface area (Å²) >= 11 is 5.74. The van der Waals surface area contributed by atoms with E-state index in [9.17, 15) is 4.79 Å². The number of rotatable bonds is 4. The molecule has 0 N–H and O–H groups in total. The van der Waals surface area contributed by atoms with E-state index in [1.54, 1.807) is 0 Å². The molecule has 0 amide bonds. The third kappa shape index (κ3) is 2.89. The Kier molecular flexibility index (Phi) is 4.03. The third-order valence-corrected chi connectivity index (χ3v) is 2.26. The minimum absolute atomic E-state index is 0.120. The Morgan fingerprint density at radius 2 is 2.00 bits per heavy atom. The molecule has 0 heterocycles. The molecule has 1 rings (SSSR count). The van der Waals surface area contributed by atoms with Crippen LogP contribution in [0.3, 0.4) is 0 Å². The maximum atomic E-state index is 10.3. The van der Waals surface area contributed by atoms with Crippen LogP contribution in [0.1, 0.15) is 17.9 Å². The fourth-order valence-corrected chi connectivity index (χ4v) is 1.35. The second-order valence-corrected chi connectivity index (χ2v) is 3.32. The first-order chi connectivity index (χ1) is 6.27. The summed E-state index contributed by atoms with van der Waals surface area (Å²) in [6, 6.07) is 7.43. The van der Waals surface area contributed by atoms with Crippen molar-refractivity contribution < 1.29 is 4.79 Å². The molecule has 3 heteroatoms. The van der Waals surface area contributed by atoms with E-state index in [1.165, 1.54) is 0 Å². The molecule has 66 valence electrons. The fourth-order valence-electron chi connectivity index (χ4n) is 1.22. The summed E-state index contributed by atoms with van der Waals surface area (Å²) in [5, 5.41) is 0.700. The van der Waals surface area contributed by atoms with E-state index in [4.69, 9.17) is 19.4 Å². The van der Waals surface area contributed by atoms with Crippen molar-refractivity contribution in [1.82, 2.24) is 0 Å². The van der Waals surface area contributed by atoms with Crippen molar-refractivity contribution in [1.29, 1.82) is 0 Å². The predicted octanol–water partition coefficient (Wildman–Crippen LogP) is 2.60. The number of hydrogen-bond donors (Lipinski definition) is 0. The van der Waals surface area contributed by atoms with E-state index in [0.717, 1.165) is 11.8 Å². The molecule has 0 bridgehead atoms. The highest BCUT2D eigenvalue weighted by atomic mass is 35.5. The van der Waals surface area contributed by atoms with Crippen LogP contribution in [0, 0.1) is 0 Å². The Morgan fingerprint density at radius 3 is 2.46 bits per heavy atom. The van der Waals surface area contributed by atoms with Crippen molar-refractivity contribution in [2.75, 3.05) is 0 Å². The number of benzene rings is 1. The van der Waals surface area contributed by atoms with Crippen molar-refractivity contribution in [3.63, 3.8) is 0 Å².